The minimum absolute atomic E-state index is 0.183. The van der Waals surface area contributed by atoms with Gasteiger partial charge in [-0.2, -0.15) is 0 Å². The number of aromatic nitrogens is 1. The van der Waals surface area contributed by atoms with E-state index in [1.54, 1.807) is 18.4 Å². The van der Waals surface area contributed by atoms with E-state index in [9.17, 15) is 4.79 Å². The van der Waals surface area contributed by atoms with Crippen LogP contribution in [0, 0.1) is 6.92 Å². The van der Waals surface area contributed by atoms with Crippen LogP contribution in [0.15, 0.2) is 5.38 Å². The van der Waals surface area contributed by atoms with Crippen molar-refractivity contribution in [1.29, 1.82) is 0 Å². The number of nitrogens with zero attached hydrogens (tertiary/aromatic N) is 3. The van der Waals surface area contributed by atoms with Crippen LogP contribution < -0.4 is 10.2 Å². The third-order valence-electron chi connectivity index (χ3n) is 2.84. The highest BCUT2D eigenvalue weighted by Crippen LogP contribution is 2.21. The lowest BCUT2D eigenvalue weighted by Crippen LogP contribution is -2.50. The number of anilines is 1. The Kier molecular flexibility index (Phi) is 3.96. The zero-order chi connectivity index (χ0) is 12.3. The number of piperazine rings is 1. The van der Waals surface area contributed by atoms with Gasteiger partial charge in [0.25, 0.3) is 0 Å². The maximum absolute atomic E-state index is 11.7. The number of carbonyl (C=O) groups excluding carboxylic acids is 1. The Balaban J connectivity index is 1.88. The van der Waals surface area contributed by atoms with Crippen molar-refractivity contribution in [3.8, 4) is 0 Å². The van der Waals surface area contributed by atoms with E-state index in [0.29, 0.717) is 6.54 Å². The van der Waals surface area contributed by atoms with E-state index >= 15 is 0 Å². The Bertz CT molecular complexity index is 385. The lowest BCUT2D eigenvalue weighted by atomic mass is 10.3. The molecule has 1 N–H and O–H groups in total. The second-order valence-corrected chi connectivity index (χ2v) is 5.01. The molecule has 0 spiro atoms. The summed E-state index contributed by atoms with van der Waals surface area (Å²) in [5, 5.41) is 6.03. The molecule has 6 heteroatoms. The van der Waals surface area contributed by atoms with E-state index in [-0.39, 0.29) is 5.91 Å². The van der Waals surface area contributed by atoms with Crippen molar-refractivity contribution in [2.24, 2.45) is 0 Å². The first kappa shape index (κ1) is 12.3. The average molecular weight is 254 g/mol. The van der Waals surface area contributed by atoms with Gasteiger partial charge in [0.15, 0.2) is 5.13 Å². The van der Waals surface area contributed by atoms with Crippen LogP contribution >= 0.6 is 11.3 Å². The molecule has 1 aliphatic rings. The first-order valence-electron chi connectivity index (χ1n) is 5.80. The minimum atomic E-state index is 0.183. The van der Waals surface area contributed by atoms with Crippen molar-refractivity contribution in [2.75, 3.05) is 44.7 Å². The van der Waals surface area contributed by atoms with E-state index in [4.69, 9.17) is 0 Å². The maximum atomic E-state index is 11.7. The van der Waals surface area contributed by atoms with Gasteiger partial charge in [-0.1, -0.05) is 0 Å². The molecule has 1 amide bonds. The smallest absolute Gasteiger partial charge is 0.236 e. The van der Waals surface area contributed by atoms with Gasteiger partial charge < -0.3 is 15.1 Å². The average Bonchev–Trinajstić information content (AvgIpc) is 2.76. The molecule has 5 nitrogen and oxygen atoms in total. The molecule has 0 bridgehead atoms. The molecule has 17 heavy (non-hydrogen) atoms. The van der Waals surface area contributed by atoms with Crippen molar-refractivity contribution < 1.29 is 4.79 Å². The molecule has 0 atom stereocenters. The summed E-state index contributed by atoms with van der Waals surface area (Å²) in [4.78, 5) is 20.3. The van der Waals surface area contributed by atoms with Gasteiger partial charge in [-0.15, -0.1) is 11.3 Å². The Labute approximate surface area is 105 Å². The normalized spacial score (nSPS) is 16.4. The fourth-order valence-electron chi connectivity index (χ4n) is 1.90. The molecule has 0 radical (unpaired) electrons. The third-order valence-corrected chi connectivity index (χ3v) is 3.86. The molecule has 0 unspecified atom stereocenters. The number of aryl methyl sites for hydroxylation is 1. The SMILES string of the molecule is CNCC(=O)N1CCN(c2nc(C)cs2)CC1. The van der Waals surface area contributed by atoms with Crippen LogP contribution in [0.1, 0.15) is 5.69 Å². The molecule has 0 aromatic carbocycles. The predicted molar refractivity (Wildman–Crippen MR) is 69.6 cm³/mol. The molecule has 0 aliphatic carbocycles. The van der Waals surface area contributed by atoms with Gasteiger partial charge in [0.05, 0.1) is 12.2 Å². The van der Waals surface area contributed by atoms with E-state index < -0.39 is 0 Å². The van der Waals surface area contributed by atoms with E-state index in [2.05, 4.69) is 20.6 Å². The number of thiazole rings is 1. The van der Waals surface area contributed by atoms with E-state index in [1.807, 2.05) is 11.8 Å². The fraction of sp³-hybridized carbons (Fsp3) is 0.636. The highest BCUT2D eigenvalue weighted by atomic mass is 32.1. The topological polar surface area (TPSA) is 48.5 Å². The van der Waals surface area contributed by atoms with Crippen LogP contribution in [0.4, 0.5) is 5.13 Å². The molecule has 1 aromatic heterocycles. The Hall–Kier alpha value is -1.14. The van der Waals surface area contributed by atoms with Gasteiger partial charge in [-0.05, 0) is 14.0 Å². The van der Waals surface area contributed by atoms with Crippen molar-refractivity contribution in [2.45, 2.75) is 6.92 Å². The van der Waals surface area contributed by atoms with Crippen molar-refractivity contribution in [3.63, 3.8) is 0 Å². The number of likely N-dealkylation sites (N-methyl/N-ethyl adjacent to an activating group) is 1. The van der Waals surface area contributed by atoms with Gasteiger partial charge in [0.1, 0.15) is 0 Å². The molecule has 1 aromatic rings. The number of nitrogens with one attached hydrogen (secondary N) is 1. The number of carbonyl (C=O) groups is 1. The number of rotatable bonds is 3. The molecular weight excluding hydrogens is 236 g/mol. The van der Waals surface area contributed by atoms with E-state index in [0.717, 1.165) is 37.0 Å². The molecular formula is C11H18N4OS. The maximum Gasteiger partial charge on any atom is 0.236 e. The van der Waals surface area contributed by atoms with Crippen LogP contribution in [0.25, 0.3) is 0 Å². The fourth-order valence-corrected chi connectivity index (χ4v) is 2.75. The second kappa shape index (κ2) is 5.46. The molecule has 1 saturated heterocycles. The van der Waals surface area contributed by atoms with Gasteiger partial charge in [0, 0.05) is 31.6 Å². The highest BCUT2D eigenvalue weighted by Gasteiger charge is 2.21. The molecule has 1 fully saturated rings. The molecule has 2 heterocycles. The monoisotopic (exact) mass is 254 g/mol. The van der Waals surface area contributed by atoms with Crippen LogP contribution in [-0.4, -0.2) is 55.6 Å². The third kappa shape index (κ3) is 2.95. The van der Waals surface area contributed by atoms with Crippen LogP contribution in [0.3, 0.4) is 0 Å². The Morgan fingerprint density at radius 2 is 2.18 bits per heavy atom. The number of hydrogen-bond acceptors (Lipinski definition) is 5. The summed E-state index contributed by atoms with van der Waals surface area (Å²) in [5.74, 6) is 0.183. The first-order valence-corrected chi connectivity index (χ1v) is 6.68. The highest BCUT2D eigenvalue weighted by molar-refractivity contribution is 7.13. The predicted octanol–water partition coefficient (Wildman–Crippen LogP) is 0.320. The Morgan fingerprint density at radius 3 is 2.71 bits per heavy atom. The quantitative estimate of drug-likeness (QED) is 0.844. The van der Waals surface area contributed by atoms with E-state index in [1.165, 1.54) is 0 Å². The summed E-state index contributed by atoms with van der Waals surface area (Å²) in [5.41, 5.74) is 1.07. The number of amides is 1. The van der Waals surface area contributed by atoms with Crippen molar-refractivity contribution in [1.82, 2.24) is 15.2 Å². The minimum Gasteiger partial charge on any atom is -0.345 e. The van der Waals surface area contributed by atoms with Crippen molar-refractivity contribution >= 4 is 22.4 Å². The van der Waals surface area contributed by atoms with Gasteiger partial charge in [-0.3, -0.25) is 4.79 Å². The summed E-state index contributed by atoms with van der Waals surface area (Å²) in [6.07, 6.45) is 0. The molecule has 2 rings (SSSR count). The second-order valence-electron chi connectivity index (χ2n) is 4.17. The molecule has 0 saturated carbocycles. The molecule has 1 aliphatic heterocycles. The van der Waals surface area contributed by atoms with Gasteiger partial charge >= 0.3 is 0 Å². The zero-order valence-corrected chi connectivity index (χ0v) is 11.1. The van der Waals surface area contributed by atoms with Crippen LogP contribution in [-0.2, 0) is 4.79 Å². The lowest BCUT2D eigenvalue weighted by molar-refractivity contribution is -0.130. The van der Waals surface area contributed by atoms with Gasteiger partial charge in [-0.25, -0.2) is 4.98 Å². The summed E-state index contributed by atoms with van der Waals surface area (Å²) in [6, 6.07) is 0. The summed E-state index contributed by atoms with van der Waals surface area (Å²) in [7, 11) is 1.80. The summed E-state index contributed by atoms with van der Waals surface area (Å²) < 4.78 is 0. The Morgan fingerprint density at radius 1 is 1.47 bits per heavy atom. The first-order chi connectivity index (χ1) is 8.20. The largest absolute Gasteiger partial charge is 0.345 e. The van der Waals surface area contributed by atoms with Crippen LogP contribution in [0.2, 0.25) is 0 Å². The van der Waals surface area contributed by atoms with Gasteiger partial charge in [0.2, 0.25) is 5.91 Å². The summed E-state index contributed by atoms with van der Waals surface area (Å²) in [6.45, 7) is 5.77. The lowest BCUT2D eigenvalue weighted by Gasteiger charge is -2.34. The number of hydrogen-bond donors (Lipinski definition) is 1. The zero-order valence-electron chi connectivity index (χ0n) is 10.3. The summed E-state index contributed by atoms with van der Waals surface area (Å²) >= 11 is 1.67. The van der Waals surface area contributed by atoms with Crippen molar-refractivity contribution in [3.05, 3.63) is 11.1 Å². The standard InChI is InChI=1S/C11H18N4OS/c1-9-8-17-11(13-9)15-5-3-14(4-6-15)10(16)7-12-2/h8,12H,3-7H2,1-2H3. The van der Waals surface area contributed by atoms with Crippen LogP contribution in [0.5, 0.6) is 0 Å². The molecule has 94 valence electrons.